The normalized spacial score (nSPS) is 19.2. The quantitative estimate of drug-likeness (QED) is 0.788. The Hall–Kier alpha value is -1.42. The fraction of sp³-hybridized carbons (Fsp3) is 0.571. The molecule has 0 radical (unpaired) electrons. The van der Waals surface area contributed by atoms with Crippen LogP contribution in [0.3, 0.4) is 0 Å². The summed E-state index contributed by atoms with van der Waals surface area (Å²) >= 11 is 0. The monoisotopic (exact) mass is 250 g/mol. The maximum Gasteiger partial charge on any atom is 0.144 e. The summed E-state index contributed by atoms with van der Waals surface area (Å²) in [6, 6.07) is 5.85. The van der Waals surface area contributed by atoms with Crippen molar-refractivity contribution in [3.63, 3.8) is 0 Å². The van der Waals surface area contributed by atoms with Crippen LogP contribution in [0, 0.1) is 5.92 Å². The van der Waals surface area contributed by atoms with Crippen LogP contribution in [-0.2, 0) is 4.74 Å². The van der Waals surface area contributed by atoms with Gasteiger partial charge in [0.15, 0.2) is 0 Å². The molecule has 18 heavy (non-hydrogen) atoms. The first kappa shape index (κ1) is 13.0. The first-order valence-electron chi connectivity index (χ1n) is 6.53. The molecule has 1 fully saturated rings. The highest BCUT2D eigenvalue weighted by Gasteiger charge is 2.16. The Labute approximate surface area is 108 Å². The topological polar surface area (TPSA) is 56.5 Å². The molecule has 1 saturated heterocycles. The van der Waals surface area contributed by atoms with Gasteiger partial charge in [0.05, 0.1) is 24.1 Å². The number of benzene rings is 1. The molecule has 1 aliphatic heterocycles. The third kappa shape index (κ3) is 3.29. The van der Waals surface area contributed by atoms with E-state index in [9.17, 15) is 0 Å². The lowest BCUT2D eigenvalue weighted by Gasteiger charge is -2.17. The molecule has 1 atom stereocenters. The third-order valence-electron chi connectivity index (χ3n) is 3.03. The molecular formula is C14H22N2O2. The van der Waals surface area contributed by atoms with Crippen molar-refractivity contribution >= 4 is 11.4 Å². The summed E-state index contributed by atoms with van der Waals surface area (Å²) in [4.78, 5) is 0. The second kappa shape index (κ2) is 5.96. The van der Waals surface area contributed by atoms with Crippen LogP contribution >= 0.6 is 0 Å². The Bertz CT molecular complexity index is 387. The van der Waals surface area contributed by atoms with Gasteiger partial charge in [-0.2, -0.15) is 0 Å². The van der Waals surface area contributed by atoms with Gasteiger partial charge in [-0.15, -0.1) is 0 Å². The van der Waals surface area contributed by atoms with Crippen LogP contribution < -0.4 is 15.8 Å². The zero-order valence-electron chi connectivity index (χ0n) is 11.1. The minimum absolute atomic E-state index is 0.130. The van der Waals surface area contributed by atoms with E-state index in [4.69, 9.17) is 15.2 Å². The van der Waals surface area contributed by atoms with E-state index in [0.717, 1.165) is 37.6 Å². The zero-order valence-corrected chi connectivity index (χ0v) is 11.1. The van der Waals surface area contributed by atoms with Crippen molar-refractivity contribution in [1.29, 1.82) is 0 Å². The number of anilines is 2. The summed E-state index contributed by atoms with van der Waals surface area (Å²) in [6.45, 7) is 6.60. The highest BCUT2D eigenvalue weighted by atomic mass is 16.5. The minimum atomic E-state index is 0.130. The molecule has 1 unspecified atom stereocenters. The molecular weight excluding hydrogens is 228 g/mol. The minimum Gasteiger partial charge on any atom is -0.489 e. The summed E-state index contributed by atoms with van der Waals surface area (Å²) in [5, 5.41) is 3.38. The van der Waals surface area contributed by atoms with Crippen molar-refractivity contribution in [3.05, 3.63) is 18.2 Å². The van der Waals surface area contributed by atoms with Gasteiger partial charge in [-0.1, -0.05) is 6.07 Å². The van der Waals surface area contributed by atoms with E-state index in [1.165, 1.54) is 0 Å². The average Bonchev–Trinajstić information content (AvgIpc) is 2.83. The molecule has 0 spiro atoms. The molecule has 0 amide bonds. The van der Waals surface area contributed by atoms with Crippen LogP contribution in [0.25, 0.3) is 0 Å². The number of hydrogen-bond donors (Lipinski definition) is 2. The molecule has 1 aromatic carbocycles. The van der Waals surface area contributed by atoms with Crippen LogP contribution in [0.15, 0.2) is 18.2 Å². The predicted octanol–water partition coefficient (Wildman–Crippen LogP) is 2.50. The second-order valence-electron chi connectivity index (χ2n) is 4.99. The third-order valence-corrected chi connectivity index (χ3v) is 3.03. The molecule has 4 nitrogen and oxygen atoms in total. The van der Waals surface area contributed by atoms with Crippen LogP contribution in [0.1, 0.15) is 20.3 Å². The number of ether oxygens (including phenoxy) is 2. The first-order valence-corrected chi connectivity index (χ1v) is 6.53. The van der Waals surface area contributed by atoms with E-state index >= 15 is 0 Å². The van der Waals surface area contributed by atoms with Gasteiger partial charge in [0.1, 0.15) is 5.75 Å². The van der Waals surface area contributed by atoms with E-state index in [-0.39, 0.29) is 6.10 Å². The molecule has 0 bridgehead atoms. The Morgan fingerprint density at radius 3 is 3.00 bits per heavy atom. The summed E-state index contributed by atoms with van der Waals surface area (Å²) in [7, 11) is 0. The van der Waals surface area contributed by atoms with Crippen molar-refractivity contribution in [3.8, 4) is 5.75 Å². The van der Waals surface area contributed by atoms with Crippen molar-refractivity contribution in [2.75, 3.05) is 30.8 Å². The molecule has 0 saturated carbocycles. The predicted molar refractivity (Wildman–Crippen MR) is 74.0 cm³/mol. The van der Waals surface area contributed by atoms with Crippen molar-refractivity contribution in [2.45, 2.75) is 26.4 Å². The number of para-hydroxylation sites is 1. The van der Waals surface area contributed by atoms with Gasteiger partial charge in [-0.25, -0.2) is 0 Å². The molecule has 1 heterocycles. The molecule has 3 N–H and O–H groups in total. The molecule has 1 aromatic rings. The van der Waals surface area contributed by atoms with Crippen LogP contribution in [0.5, 0.6) is 5.75 Å². The highest BCUT2D eigenvalue weighted by Crippen LogP contribution is 2.30. The van der Waals surface area contributed by atoms with Gasteiger partial charge >= 0.3 is 0 Å². The molecule has 100 valence electrons. The van der Waals surface area contributed by atoms with Crippen LogP contribution in [-0.4, -0.2) is 25.9 Å². The van der Waals surface area contributed by atoms with Crippen LogP contribution in [0.2, 0.25) is 0 Å². The van der Waals surface area contributed by atoms with Crippen molar-refractivity contribution in [2.24, 2.45) is 5.92 Å². The van der Waals surface area contributed by atoms with Gasteiger partial charge < -0.3 is 20.5 Å². The molecule has 1 aliphatic rings. The summed E-state index contributed by atoms with van der Waals surface area (Å²) in [5.41, 5.74) is 7.73. The zero-order chi connectivity index (χ0) is 13.0. The highest BCUT2D eigenvalue weighted by molar-refractivity contribution is 5.72. The number of nitrogen functional groups attached to an aromatic ring is 1. The van der Waals surface area contributed by atoms with E-state index in [1.807, 2.05) is 32.0 Å². The Morgan fingerprint density at radius 1 is 1.50 bits per heavy atom. The largest absolute Gasteiger partial charge is 0.489 e. The number of hydrogen-bond acceptors (Lipinski definition) is 4. The van der Waals surface area contributed by atoms with Crippen LogP contribution in [0.4, 0.5) is 11.4 Å². The van der Waals surface area contributed by atoms with Gasteiger partial charge in [-0.05, 0) is 32.4 Å². The maximum absolute atomic E-state index is 6.10. The standard InChI is InChI=1S/C14H22N2O2/c1-10(2)18-13-5-3-4-12(14(13)15)16-8-11-6-7-17-9-11/h3-5,10-11,16H,6-9,15H2,1-2H3. The first-order chi connectivity index (χ1) is 8.66. The molecule has 0 aromatic heterocycles. The lowest BCUT2D eigenvalue weighted by molar-refractivity contribution is 0.187. The van der Waals surface area contributed by atoms with Crippen molar-refractivity contribution < 1.29 is 9.47 Å². The molecule has 0 aliphatic carbocycles. The second-order valence-corrected chi connectivity index (χ2v) is 4.99. The van der Waals surface area contributed by atoms with Crippen molar-refractivity contribution in [1.82, 2.24) is 0 Å². The van der Waals surface area contributed by atoms with E-state index in [0.29, 0.717) is 11.6 Å². The summed E-state index contributed by atoms with van der Waals surface area (Å²) in [5.74, 6) is 1.33. The van der Waals surface area contributed by atoms with Gasteiger partial charge in [0.25, 0.3) is 0 Å². The Balaban J connectivity index is 1.98. The summed E-state index contributed by atoms with van der Waals surface area (Å²) in [6.07, 6.45) is 1.25. The lowest BCUT2D eigenvalue weighted by Crippen LogP contribution is -2.15. The molecule has 2 rings (SSSR count). The Morgan fingerprint density at radius 2 is 2.33 bits per heavy atom. The Kier molecular flexibility index (Phi) is 4.31. The van der Waals surface area contributed by atoms with E-state index < -0.39 is 0 Å². The smallest absolute Gasteiger partial charge is 0.144 e. The lowest BCUT2D eigenvalue weighted by atomic mass is 10.1. The van der Waals surface area contributed by atoms with E-state index in [1.54, 1.807) is 0 Å². The van der Waals surface area contributed by atoms with Gasteiger partial charge in [0.2, 0.25) is 0 Å². The molecule has 4 heteroatoms. The number of nitrogens with one attached hydrogen (secondary N) is 1. The fourth-order valence-electron chi connectivity index (χ4n) is 2.05. The SMILES string of the molecule is CC(C)Oc1cccc(NCC2CCOC2)c1N. The number of nitrogens with two attached hydrogens (primary N) is 1. The fourth-order valence-corrected chi connectivity index (χ4v) is 2.05. The average molecular weight is 250 g/mol. The van der Waals surface area contributed by atoms with Gasteiger partial charge in [0, 0.05) is 19.1 Å². The summed E-state index contributed by atoms with van der Waals surface area (Å²) < 4.78 is 11.0. The number of rotatable bonds is 5. The maximum atomic E-state index is 6.10. The van der Waals surface area contributed by atoms with Gasteiger partial charge in [-0.3, -0.25) is 0 Å². The van der Waals surface area contributed by atoms with E-state index in [2.05, 4.69) is 5.32 Å².